The third-order valence-corrected chi connectivity index (χ3v) is 5.74. The zero-order valence-electron chi connectivity index (χ0n) is 17.2. The van der Waals surface area contributed by atoms with Gasteiger partial charge in [0.1, 0.15) is 5.82 Å². The molecule has 30 heavy (non-hydrogen) atoms. The molecule has 3 heterocycles. The summed E-state index contributed by atoms with van der Waals surface area (Å²) in [5.74, 6) is -0.521. The second-order valence-corrected chi connectivity index (χ2v) is 8.10. The fourth-order valence-electron chi connectivity index (χ4n) is 4.32. The average Bonchev–Trinajstić information content (AvgIpc) is 2.73. The number of anilines is 1. The fourth-order valence-corrected chi connectivity index (χ4v) is 4.32. The Labute approximate surface area is 174 Å². The molecule has 0 radical (unpaired) electrons. The van der Waals surface area contributed by atoms with E-state index >= 15 is 0 Å². The summed E-state index contributed by atoms with van der Waals surface area (Å²) < 4.78 is 40.1. The van der Waals surface area contributed by atoms with Crippen molar-refractivity contribution in [3.63, 3.8) is 0 Å². The summed E-state index contributed by atoms with van der Waals surface area (Å²) in [7, 11) is 0. The molecule has 6 nitrogen and oxygen atoms in total. The van der Waals surface area contributed by atoms with Gasteiger partial charge in [0.15, 0.2) is 0 Å². The lowest BCUT2D eigenvalue weighted by Crippen LogP contribution is -2.53. The molecular formula is C21H29F3N4O2. The lowest BCUT2D eigenvalue weighted by molar-refractivity contribution is -0.138. The van der Waals surface area contributed by atoms with Crippen molar-refractivity contribution in [2.45, 2.75) is 57.7 Å². The molecular weight excluding hydrogens is 397 g/mol. The van der Waals surface area contributed by atoms with E-state index in [0.29, 0.717) is 38.9 Å². The van der Waals surface area contributed by atoms with Gasteiger partial charge in [0.05, 0.1) is 11.5 Å². The monoisotopic (exact) mass is 426 g/mol. The van der Waals surface area contributed by atoms with Gasteiger partial charge in [-0.3, -0.25) is 9.59 Å². The maximum atomic E-state index is 13.4. The minimum absolute atomic E-state index is 0.00419. The number of rotatable bonds is 5. The largest absolute Gasteiger partial charge is 0.419 e. The van der Waals surface area contributed by atoms with E-state index < -0.39 is 11.7 Å². The Bertz CT molecular complexity index is 756. The molecule has 2 saturated heterocycles. The van der Waals surface area contributed by atoms with E-state index in [4.69, 9.17) is 0 Å². The van der Waals surface area contributed by atoms with Gasteiger partial charge in [0.25, 0.3) is 0 Å². The van der Waals surface area contributed by atoms with Gasteiger partial charge in [-0.2, -0.15) is 13.2 Å². The molecule has 2 fully saturated rings. The van der Waals surface area contributed by atoms with Crippen molar-refractivity contribution in [3.8, 4) is 0 Å². The second kappa shape index (κ2) is 9.66. The van der Waals surface area contributed by atoms with E-state index in [1.807, 2.05) is 6.92 Å². The number of alkyl halides is 3. The molecule has 1 aromatic rings. The number of hydrogen-bond donors (Lipinski definition) is 1. The second-order valence-electron chi connectivity index (χ2n) is 8.10. The molecule has 2 amide bonds. The van der Waals surface area contributed by atoms with Crippen LogP contribution in [-0.4, -0.2) is 53.9 Å². The number of pyridine rings is 1. The Kier molecular flexibility index (Phi) is 7.20. The van der Waals surface area contributed by atoms with Gasteiger partial charge in [-0.15, -0.1) is 0 Å². The van der Waals surface area contributed by atoms with Crippen molar-refractivity contribution >= 4 is 17.6 Å². The number of nitrogens with one attached hydrogen (secondary N) is 1. The maximum absolute atomic E-state index is 13.4. The molecule has 1 N–H and O–H groups in total. The molecule has 2 atom stereocenters. The van der Waals surface area contributed by atoms with E-state index in [-0.39, 0.29) is 36.1 Å². The Morgan fingerprint density at radius 1 is 1.20 bits per heavy atom. The number of aromatic nitrogens is 1. The van der Waals surface area contributed by atoms with Gasteiger partial charge >= 0.3 is 6.18 Å². The Hall–Kier alpha value is -2.32. The molecule has 0 bridgehead atoms. The number of carbonyl (C=O) groups excluding carboxylic acids is 2. The van der Waals surface area contributed by atoms with Crippen LogP contribution in [0.1, 0.15) is 51.0 Å². The van der Waals surface area contributed by atoms with Gasteiger partial charge in [-0.1, -0.05) is 6.92 Å². The highest BCUT2D eigenvalue weighted by Crippen LogP contribution is 2.36. The molecule has 1 aromatic heterocycles. The highest BCUT2D eigenvalue weighted by atomic mass is 19.4. The third-order valence-electron chi connectivity index (χ3n) is 5.74. The van der Waals surface area contributed by atoms with Crippen LogP contribution >= 0.6 is 0 Å². The van der Waals surface area contributed by atoms with E-state index in [2.05, 4.69) is 10.3 Å². The van der Waals surface area contributed by atoms with Crippen molar-refractivity contribution in [1.29, 1.82) is 0 Å². The lowest BCUT2D eigenvalue weighted by atomic mass is 9.94. The summed E-state index contributed by atoms with van der Waals surface area (Å²) in [5, 5.41) is 2.99. The third kappa shape index (κ3) is 5.43. The van der Waals surface area contributed by atoms with Gasteiger partial charge < -0.3 is 15.1 Å². The first-order valence-corrected chi connectivity index (χ1v) is 10.6. The van der Waals surface area contributed by atoms with Crippen LogP contribution in [0.4, 0.5) is 19.0 Å². The number of amides is 2. The van der Waals surface area contributed by atoms with E-state index in [0.717, 1.165) is 25.3 Å². The number of nitrogens with zero attached hydrogens (tertiary/aromatic N) is 3. The zero-order valence-corrected chi connectivity index (χ0v) is 17.2. The van der Waals surface area contributed by atoms with Crippen LogP contribution in [0, 0.1) is 5.92 Å². The SMILES string of the molecule is CCCC(=O)NC1CCCN(C(=O)C2CCCN(c3ncccc3C(F)(F)F)C2)C1. The minimum atomic E-state index is -4.49. The molecule has 2 aliphatic heterocycles. The summed E-state index contributed by atoms with van der Waals surface area (Å²) in [6.45, 7) is 3.69. The molecule has 2 aliphatic rings. The first kappa shape index (κ1) is 22.4. The zero-order chi connectivity index (χ0) is 21.7. The van der Waals surface area contributed by atoms with Gasteiger partial charge in [-0.25, -0.2) is 4.98 Å². The predicted octanol–water partition coefficient (Wildman–Crippen LogP) is 3.22. The molecule has 0 spiro atoms. The van der Waals surface area contributed by atoms with E-state index in [9.17, 15) is 22.8 Å². The Morgan fingerprint density at radius 3 is 2.70 bits per heavy atom. The van der Waals surface area contributed by atoms with E-state index in [1.165, 1.54) is 12.3 Å². The quantitative estimate of drug-likeness (QED) is 0.785. The summed E-state index contributed by atoms with van der Waals surface area (Å²) in [6.07, 6.45) is 1.01. The summed E-state index contributed by atoms with van der Waals surface area (Å²) in [5.41, 5.74) is -0.769. The minimum Gasteiger partial charge on any atom is -0.355 e. The Balaban J connectivity index is 1.66. The lowest BCUT2D eigenvalue weighted by Gasteiger charge is -2.39. The number of halogens is 3. The van der Waals surface area contributed by atoms with Gasteiger partial charge in [-0.05, 0) is 44.2 Å². The van der Waals surface area contributed by atoms with Crippen molar-refractivity contribution in [3.05, 3.63) is 23.9 Å². The number of hydrogen-bond acceptors (Lipinski definition) is 4. The standard InChI is InChI=1S/C21H29F3N4O2/c1-2-6-18(29)26-16-8-5-12-28(14-16)20(30)15-7-4-11-27(13-15)19-17(21(22,23)24)9-3-10-25-19/h3,9-10,15-16H,2,4-8,11-14H2,1H3,(H,26,29). The summed E-state index contributed by atoms with van der Waals surface area (Å²) in [6, 6.07) is 2.25. The number of carbonyl (C=O) groups is 2. The van der Waals surface area contributed by atoms with Crippen LogP contribution in [0.3, 0.4) is 0 Å². The van der Waals surface area contributed by atoms with Crippen LogP contribution in [0.15, 0.2) is 18.3 Å². The van der Waals surface area contributed by atoms with E-state index in [1.54, 1.807) is 9.80 Å². The summed E-state index contributed by atoms with van der Waals surface area (Å²) >= 11 is 0. The van der Waals surface area contributed by atoms with Crippen LogP contribution in [0.5, 0.6) is 0 Å². The first-order chi connectivity index (χ1) is 14.3. The predicted molar refractivity (Wildman–Crippen MR) is 107 cm³/mol. The van der Waals surface area contributed by atoms with Crippen molar-refractivity contribution in [1.82, 2.24) is 15.2 Å². The van der Waals surface area contributed by atoms with Crippen LogP contribution in [0.25, 0.3) is 0 Å². The fraction of sp³-hybridized carbons (Fsp3) is 0.667. The highest BCUT2D eigenvalue weighted by Gasteiger charge is 2.38. The highest BCUT2D eigenvalue weighted by molar-refractivity contribution is 5.80. The topological polar surface area (TPSA) is 65.5 Å². The Morgan fingerprint density at radius 2 is 1.97 bits per heavy atom. The molecule has 2 unspecified atom stereocenters. The molecule has 0 saturated carbocycles. The van der Waals surface area contributed by atoms with Crippen LogP contribution in [0.2, 0.25) is 0 Å². The molecule has 166 valence electrons. The molecule has 0 aliphatic carbocycles. The smallest absolute Gasteiger partial charge is 0.355 e. The van der Waals surface area contributed by atoms with Crippen molar-refractivity contribution in [2.24, 2.45) is 5.92 Å². The van der Waals surface area contributed by atoms with Crippen molar-refractivity contribution in [2.75, 3.05) is 31.1 Å². The van der Waals surface area contributed by atoms with Crippen LogP contribution < -0.4 is 10.2 Å². The first-order valence-electron chi connectivity index (χ1n) is 10.6. The molecule has 3 rings (SSSR count). The van der Waals surface area contributed by atoms with Gasteiger partial charge in [0.2, 0.25) is 11.8 Å². The van der Waals surface area contributed by atoms with Crippen molar-refractivity contribution < 1.29 is 22.8 Å². The van der Waals surface area contributed by atoms with Gasteiger partial charge in [0, 0.05) is 44.8 Å². The maximum Gasteiger partial charge on any atom is 0.419 e. The molecule has 9 heteroatoms. The number of piperidine rings is 2. The summed E-state index contributed by atoms with van der Waals surface area (Å²) in [4.78, 5) is 32.3. The number of likely N-dealkylation sites (tertiary alicyclic amines) is 1. The average molecular weight is 426 g/mol. The molecule has 0 aromatic carbocycles. The van der Waals surface area contributed by atoms with Crippen LogP contribution in [-0.2, 0) is 15.8 Å². The normalized spacial score (nSPS) is 22.7.